The van der Waals surface area contributed by atoms with Gasteiger partial charge in [-0.15, -0.1) is 0 Å². The van der Waals surface area contributed by atoms with Crippen LogP contribution in [0.5, 0.6) is 0 Å². The molecule has 2 aromatic carbocycles. The van der Waals surface area contributed by atoms with Crippen molar-refractivity contribution in [2.24, 2.45) is 0 Å². The number of anilines is 2. The lowest BCUT2D eigenvalue weighted by Gasteiger charge is -2.12. The first-order chi connectivity index (χ1) is 14.9. The zero-order chi connectivity index (χ0) is 20.4. The smallest absolute Gasteiger partial charge is 0.225 e. The highest BCUT2D eigenvalue weighted by Gasteiger charge is 2.07. The molecule has 0 fully saturated rings. The van der Waals surface area contributed by atoms with Gasteiger partial charge in [0, 0.05) is 37.1 Å². The molecule has 0 atom stereocenters. The van der Waals surface area contributed by atoms with E-state index in [2.05, 4.69) is 57.0 Å². The van der Waals surface area contributed by atoms with Crippen LogP contribution in [0, 0.1) is 0 Å². The van der Waals surface area contributed by atoms with Gasteiger partial charge in [-0.3, -0.25) is 4.98 Å². The standard InChI is InChI=1S/C25H25N5/c1-3-9-20(10-4-1)11-8-16-27-24-17-23(22-13-5-2-6-14-22)29-25(30-24)28-19-21-12-7-15-26-18-21/h1-7,9-10,12-15,17-18H,8,11,16,19H2,(H2,27,28,29,30). The van der Waals surface area contributed by atoms with Crippen LogP contribution in [0.4, 0.5) is 11.8 Å². The third kappa shape index (κ3) is 5.64. The Labute approximate surface area is 177 Å². The second-order valence-corrected chi connectivity index (χ2v) is 7.06. The fraction of sp³-hybridized carbons (Fsp3) is 0.160. The zero-order valence-corrected chi connectivity index (χ0v) is 16.8. The van der Waals surface area contributed by atoms with Crippen LogP contribution in [0.15, 0.2) is 91.3 Å². The summed E-state index contributed by atoms with van der Waals surface area (Å²) in [6.07, 6.45) is 5.69. The van der Waals surface area contributed by atoms with Crippen LogP contribution in [-0.4, -0.2) is 21.5 Å². The number of hydrogen-bond donors (Lipinski definition) is 2. The topological polar surface area (TPSA) is 62.7 Å². The molecule has 0 bridgehead atoms. The van der Waals surface area contributed by atoms with Gasteiger partial charge in [0.1, 0.15) is 5.82 Å². The van der Waals surface area contributed by atoms with Gasteiger partial charge in [0.15, 0.2) is 0 Å². The van der Waals surface area contributed by atoms with Crippen molar-refractivity contribution < 1.29 is 0 Å². The predicted molar refractivity (Wildman–Crippen MR) is 122 cm³/mol. The fourth-order valence-electron chi connectivity index (χ4n) is 3.21. The lowest BCUT2D eigenvalue weighted by molar-refractivity contribution is 0.858. The van der Waals surface area contributed by atoms with Crippen LogP contribution in [0.3, 0.4) is 0 Å². The Morgan fingerprint density at radius 3 is 2.27 bits per heavy atom. The predicted octanol–water partition coefficient (Wildman–Crippen LogP) is 5.20. The zero-order valence-electron chi connectivity index (χ0n) is 16.8. The molecule has 0 radical (unpaired) electrons. The molecule has 5 nitrogen and oxygen atoms in total. The molecule has 0 aliphatic carbocycles. The molecular formula is C25H25N5. The first kappa shape index (κ1) is 19.6. The lowest BCUT2D eigenvalue weighted by atomic mass is 10.1. The summed E-state index contributed by atoms with van der Waals surface area (Å²) in [5.74, 6) is 1.43. The minimum absolute atomic E-state index is 0.603. The van der Waals surface area contributed by atoms with Crippen LogP contribution < -0.4 is 10.6 Å². The molecule has 0 spiro atoms. The van der Waals surface area contributed by atoms with Crippen LogP contribution in [0.2, 0.25) is 0 Å². The largest absolute Gasteiger partial charge is 0.370 e. The highest BCUT2D eigenvalue weighted by molar-refractivity contribution is 5.64. The quantitative estimate of drug-likeness (QED) is 0.382. The van der Waals surface area contributed by atoms with E-state index >= 15 is 0 Å². The molecule has 0 amide bonds. The average molecular weight is 396 g/mol. The lowest BCUT2D eigenvalue weighted by Crippen LogP contribution is -2.09. The molecule has 4 rings (SSSR count). The normalized spacial score (nSPS) is 10.5. The van der Waals surface area contributed by atoms with E-state index < -0.39 is 0 Å². The molecule has 0 unspecified atom stereocenters. The van der Waals surface area contributed by atoms with Gasteiger partial charge in [-0.1, -0.05) is 66.7 Å². The Balaban J connectivity index is 1.45. The summed E-state index contributed by atoms with van der Waals surface area (Å²) in [4.78, 5) is 13.5. The van der Waals surface area contributed by atoms with Crippen molar-refractivity contribution in [3.8, 4) is 11.3 Å². The Hall–Kier alpha value is -3.73. The van der Waals surface area contributed by atoms with Crippen molar-refractivity contribution in [2.45, 2.75) is 19.4 Å². The molecule has 0 saturated carbocycles. The summed E-state index contributed by atoms with van der Waals surface area (Å²) < 4.78 is 0. The highest BCUT2D eigenvalue weighted by Crippen LogP contribution is 2.21. The summed E-state index contributed by atoms with van der Waals surface area (Å²) in [5.41, 5.74) is 4.40. The molecule has 5 heteroatoms. The SMILES string of the molecule is c1ccc(CCCNc2cc(-c3ccccc3)nc(NCc3cccnc3)n2)cc1. The fourth-order valence-corrected chi connectivity index (χ4v) is 3.21. The van der Waals surface area contributed by atoms with Gasteiger partial charge in [-0.05, 0) is 30.0 Å². The summed E-state index contributed by atoms with van der Waals surface area (Å²) in [6.45, 7) is 1.47. The van der Waals surface area contributed by atoms with Crippen molar-refractivity contribution in [2.75, 3.05) is 17.2 Å². The maximum Gasteiger partial charge on any atom is 0.225 e. The minimum atomic E-state index is 0.603. The van der Waals surface area contributed by atoms with E-state index in [0.29, 0.717) is 12.5 Å². The second-order valence-electron chi connectivity index (χ2n) is 7.06. The molecule has 2 aromatic heterocycles. The highest BCUT2D eigenvalue weighted by atomic mass is 15.1. The van der Waals surface area contributed by atoms with Crippen LogP contribution in [-0.2, 0) is 13.0 Å². The van der Waals surface area contributed by atoms with Crippen LogP contribution in [0.25, 0.3) is 11.3 Å². The summed E-state index contributed by atoms with van der Waals surface area (Å²) in [6, 6.07) is 26.7. The Bertz CT molecular complexity index is 1040. The number of hydrogen-bond acceptors (Lipinski definition) is 5. The van der Waals surface area contributed by atoms with E-state index in [9.17, 15) is 0 Å². The van der Waals surface area contributed by atoms with Crippen molar-refractivity contribution in [1.82, 2.24) is 15.0 Å². The summed E-state index contributed by atoms with van der Waals surface area (Å²) >= 11 is 0. The van der Waals surface area contributed by atoms with Crippen molar-refractivity contribution >= 4 is 11.8 Å². The van der Waals surface area contributed by atoms with Gasteiger partial charge in [0.05, 0.1) is 5.69 Å². The van der Waals surface area contributed by atoms with Crippen LogP contribution in [0.1, 0.15) is 17.5 Å². The third-order valence-corrected chi connectivity index (χ3v) is 4.76. The number of nitrogens with one attached hydrogen (secondary N) is 2. The number of benzene rings is 2. The second kappa shape index (κ2) is 10.2. The van der Waals surface area contributed by atoms with Gasteiger partial charge in [-0.2, -0.15) is 4.98 Å². The molecule has 30 heavy (non-hydrogen) atoms. The van der Waals surface area contributed by atoms with Gasteiger partial charge in [0.2, 0.25) is 5.95 Å². The number of aryl methyl sites for hydroxylation is 1. The monoisotopic (exact) mass is 395 g/mol. The van der Waals surface area contributed by atoms with Crippen molar-refractivity contribution in [1.29, 1.82) is 0 Å². The molecule has 0 saturated heterocycles. The van der Waals surface area contributed by atoms with Gasteiger partial charge >= 0.3 is 0 Å². The number of pyridine rings is 1. The average Bonchev–Trinajstić information content (AvgIpc) is 2.82. The number of rotatable bonds is 9. The molecule has 0 aliphatic heterocycles. The molecule has 150 valence electrons. The maximum absolute atomic E-state index is 4.71. The molecule has 4 aromatic rings. The molecule has 2 N–H and O–H groups in total. The number of nitrogens with zero attached hydrogens (tertiary/aromatic N) is 3. The first-order valence-corrected chi connectivity index (χ1v) is 10.2. The van der Waals surface area contributed by atoms with E-state index in [1.165, 1.54) is 5.56 Å². The van der Waals surface area contributed by atoms with Crippen molar-refractivity contribution in [3.05, 3.63) is 102 Å². The molecule has 0 aliphatic rings. The van der Waals surface area contributed by atoms with E-state index in [1.54, 1.807) is 6.20 Å². The van der Waals surface area contributed by atoms with E-state index in [-0.39, 0.29) is 0 Å². The maximum atomic E-state index is 4.71. The van der Waals surface area contributed by atoms with E-state index in [0.717, 1.165) is 42.0 Å². The summed E-state index contributed by atoms with van der Waals surface area (Å²) in [7, 11) is 0. The van der Waals surface area contributed by atoms with Crippen molar-refractivity contribution in [3.63, 3.8) is 0 Å². The Morgan fingerprint density at radius 2 is 1.50 bits per heavy atom. The first-order valence-electron chi connectivity index (χ1n) is 10.2. The summed E-state index contributed by atoms with van der Waals surface area (Å²) in [5, 5.41) is 6.79. The Kier molecular flexibility index (Phi) is 6.63. The third-order valence-electron chi connectivity index (χ3n) is 4.76. The van der Waals surface area contributed by atoms with Gasteiger partial charge < -0.3 is 10.6 Å². The van der Waals surface area contributed by atoms with Gasteiger partial charge in [-0.25, -0.2) is 4.98 Å². The van der Waals surface area contributed by atoms with E-state index in [1.807, 2.05) is 48.7 Å². The van der Waals surface area contributed by atoms with Gasteiger partial charge in [0.25, 0.3) is 0 Å². The minimum Gasteiger partial charge on any atom is -0.370 e. The Morgan fingerprint density at radius 1 is 0.733 bits per heavy atom. The number of aromatic nitrogens is 3. The van der Waals surface area contributed by atoms with Crippen LogP contribution >= 0.6 is 0 Å². The molecular weight excluding hydrogens is 370 g/mol. The van der Waals surface area contributed by atoms with E-state index in [4.69, 9.17) is 4.98 Å². The molecule has 2 heterocycles.